The fraction of sp³-hybridized carbons (Fsp3) is 0.476. The third-order valence-electron chi connectivity index (χ3n) is 5.73. The molecule has 0 amide bonds. The first-order valence-corrected chi connectivity index (χ1v) is 9.58. The molecule has 3 aliphatic rings. The summed E-state index contributed by atoms with van der Waals surface area (Å²) in [5.41, 5.74) is 3.87. The molecule has 1 fully saturated rings. The Hall–Kier alpha value is -2.27. The fourth-order valence-electron chi connectivity index (χ4n) is 4.51. The van der Waals surface area contributed by atoms with Gasteiger partial charge >= 0.3 is 0 Å². The van der Waals surface area contributed by atoms with Crippen LogP contribution < -0.4 is 14.2 Å². The van der Waals surface area contributed by atoms with E-state index in [1.165, 1.54) is 29.7 Å². The molecule has 3 aliphatic heterocycles. The van der Waals surface area contributed by atoms with Crippen LogP contribution in [0.3, 0.4) is 0 Å². The summed E-state index contributed by atoms with van der Waals surface area (Å²) >= 11 is 0. The molecule has 0 N–H and O–H groups in total. The van der Waals surface area contributed by atoms with Gasteiger partial charge in [0.2, 0.25) is 6.79 Å². The largest absolute Gasteiger partial charge is 0.493 e. The summed E-state index contributed by atoms with van der Waals surface area (Å²) in [6.07, 6.45) is 6.39. The third kappa shape index (κ3) is 2.62. The van der Waals surface area contributed by atoms with Gasteiger partial charge in [0.25, 0.3) is 0 Å². The van der Waals surface area contributed by atoms with Crippen LogP contribution in [0.5, 0.6) is 17.2 Å². The van der Waals surface area contributed by atoms with E-state index in [1.807, 2.05) is 12.3 Å². The van der Waals surface area contributed by atoms with E-state index in [9.17, 15) is 0 Å². The van der Waals surface area contributed by atoms with Crippen molar-refractivity contribution in [2.75, 3.05) is 13.4 Å². The number of benzene rings is 1. The highest BCUT2D eigenvalue weighted by molar-refractivity contribution is 5.52. The first-order chi connectivity index (χ1) is 12.8. The maximum Gasteiger partial charge on any atom is 0.231 e. The van der Waals surface area contributed by atoms with Gasteiger partial charge in [0.15, 0.2) is 11.5 Å². The van der Waals surface area contributed by atoms with E-state index in [-0.39, 0.29) is 0 Å². The van der Waals surface area contributed by atoms with Gasteiger partial charge < -0.3 is 14.2 Å². The fourth-order valence-corrected chi connectivity index (χ4v) is 4.51. The minimum absolute atomic E-state index is 0.292. The molecule has 1 aromatic heterocycles. The number of aromatic nitrogens is 1. The van der Waals surface area contributed by atoms with E-state index < -0.39 is 0 Å². The van der Waals surface area contributed by atoms with Crippen LogP contribution in [-0.2, 0) is 13.0 Å². The molecule has 1 aromatic carbocycles. The smallest absolute Gasteiger partial charge is 0.231 e. The standard InChI is InChI=1S/C21H24N2O3/c1-2-8-24-19-11-21-20(25-13-26-21)9-14(19)12-23-15-5-6-18(23)16-4-3-7-22-17(16)10-15/h3-4,7,9,11,15,18H,2,5-6,8,10,12-13H2,1H3/t15-,18+/m0/s1. The zero-order valence-corrected chi connectivity index (χ0v) is 15.1. The monoisotopic (exact) mass is 352 g/mol. The van der Waals surface area contributed by atoms with Crippen LogP contribution in [0.4, 0.5) is 0 Å². The van der Waals surface area contributed by atoms with Crippen LogP contribution in [0, 0.1) is 0 Å². The molecule has 0 unspecified atom stereocenters. The van der Waals surface area contributed by atoms with Crippen molar-refractivity contribution in [3.63, 3.8) is 0 Å². The predicted molar refractivity (Wildman–Crippen MR) is 97.6 cm³/mol. The van der Waals surface area contributed by atoms with Gasteiger partial charge in [0, 0.05) is 48.6 Å². The van der Waals surface area contributed by atoms with Gasteiger partial charge in [-0.2, -0.15) is 0 Å². The molecule has 2 bridgehead atoms. The Kier molecular flexibility index (Phi) is 3.97. The summed E-state index contributed by atoms with van der Waals surface area (Å²) in [5.74, 6) is 2.54. The minimum atomic E-state index is 0.292. The van der Waals surface area contributed by atoms with Gasteiger partial charge in [-0.25, -0.2) is 0 Å². The molecule has 0 aliphatic carbocycles. The lowest BCUT2D eigenvalue weighted by molar-refractivity contribution is 0.163. The molecule has 0 radical (unpaired) electrons. The Morgan fingerprint density at radius 3 is 3.00 bits per heavy atom. The van der Waals surface area contributed by atoms with Crippen molar-refractivity contribution in [3.8, 4) is 17.2 Å². The molecule has 4 heterocycles. The number of ether oxygens (including phenoxy) is 3. The number of hydrogen-bond donors (Lipinski definition) is 0. The van der Waals surface area contributed by atoms with Crippen molar-refractivity contribution in [3.05, 3.63) is 47.3 Å². The lowest BCUT2D eigenvalue weighted by Crippen LogP contribution is -2.37. The number of rotatable bonds is 5. The summed E-state index contributed by atoms with van der Waals surface area (Å²) in [6, 6.07) is 9.43. The summed E-state index contributed by atoms with van der Waals surface area (Å²) in [7, 11) is 0. The maximum atomic E-state index is 6.04. The van der Waals surface area contributed by atoms with Crippen LogP contribution in [0.15, 0.2) is 30.5 Å². The Balaban J connectivity index is 1.46. The van der Waals surface area contributed by atoms with E-state index in [0.717, 1.165) is 36.6 Å². The zero-order chi connectivity index (χ0) is 17.5. The minimum Gasteiger partial charge on any atom is -0.493 e. The van der Waals surface area contributed by atoms with Crippen molar-refractivity contribution >= 4 is 0 Å². The normalized spacial score (nSPS) is 23.1. The Labute approximate surface area is 153 Å². The molecule has 0 saturated carbocycles. The Bertz CT molecular complexity index is 823. The van der Waals surface area contributed by atoms with Gasteiger partial charge in [-0.3, -0.25) is 9.88 Å². The first kappa shape index (κ1) is 15.9. The number of hydrogen-bond acceptors (Lipinski definition) is 5. The number of pyridine rings is 1. The van der Waals surface area contributed by atoms with Gasteiger partial charge in [-0.1, -0.05) is 13.0 Å². The number of fused-ring (bicyclic) bond motifs is 5. The highest BCUT2D eigenvalue weighted by Gasteiger charge is 2.40. The highest BCUT2D eigenvalue weighted by Crippen LogP contribution is 2.46. The molecule has 1 saturated heterocycles. The van der Waals surface area contributed by atoms with Crippen molar-refractivity contribution in [1.29, 1.82) is 0 Å². The second kappa shape index (κ2) is 6.47. The molecule has 5 heteroatoms. The molecular formula is C21H24N2O3. The summed E-state index contributed by atoms with van der Waals surface area (Å²) in [4.78, 5) is 7.24. The van der Waals surface area contributed by atoms with E-state index in [1.54, 1.807) is 0 Å². The van der Waals surface area contributed by atoms with Gasteiger partial charge in [0.1, 0.15) is 5.75 Å². The molecular weight excluding hydrogens is 328 g/mol. The molecule has 5 nitrogen and oxygen atoms in total. The average Bonchev–Trinajstić information content (AvgIpc) is 3.22. The van der Waals surface area contributed by atoms with E-state index in [0.29, 0.717) is 25.5 Å². The second-order valence-electron chi connectivity index (χ2n) is 7.32. The van der Waals surface area contributed by atoms with E-state index in [4.69, 9.17) is 14.2 Å². The van der Waals surface area contributed by atoms with Gasteiger partial charge in [0.05, 0.1) is 6.61 Å². The first-order valence-electron chi connectivity index (χ1n) is 9.58. The topological polar surface area (TPSA) is 43.8 Å². The van der Waals surface area contributed by atoms with Crippen LogP contribution >= 0.6 is 0 Å². The number of nitrogens with zero attached hydrogens (tertiary/aromatic N) is 2. The van der Waals surface area contributed by atoms with Crippen LogP contribution in [-0.4, -0.2) is 29.3 Å². The Morgan fingerprint density at radius 2 is 2.12 bits per heavy atom. The van der Waals surface area contributed by atoms with Gasteiger partial charge in [-0.05, 0) is 37.0 Å². The van der Waals surface area contributed by atoms with Crippen LogP contribution in [0.1, 0.15) is 49.0 Å². The summed E-state index contributed by atoms with van der Waals surface area (Å²) < 4.78 is 17.2. The van der Waals surface area contributed by atoms with E-state index in [2.05, 4.69) is 35.0 Å². The summed E-state index contributed by atoms with van der Waals surface area (Å²) in [6.45, 7) is 4.01. The highest BCUT2D eigenvalue weighted by atomic mass is 16.7. The quantitative estimate of drug-likeness (QED) is 0.817. The van der Waals surface area contributed by atoms with Crippen molar-refractivity contribution in [1.82, 2.24) is 9.88 Å². The molecule has 2 aromatic rings. The Morgan fingerprint density at radius 1 is 1.23 bits per heavy atom. The molecule has 5 rings (SSSR count). The average molecular weight is 352 g/mol. The summed E-state index contributed by atoms with van der Waals surface area (Å²) in [5, 5.41) is 0. The molecule has 136 valence electrons. The van der Waals surface area contributed by atoms with Gasteiger partial charge in [-0.15, -0.1) is 0 Å². The van der Waals surface area contributed by atoms with Crippen LogP contribution in [0.2, 0.25) is 0 Å². The van der Waals surface area contributed by atoms with Crippen molar-refractivity contribution in [2.45, 2.75) is 51.2 Å². The van der Waals surface area contributed by atoms with Crippen molar-refractivity contribution < 1.29 is 14.2 Å². The third-order valence-corrected chi connectivity index (χ3v) is 5.73. The van der Waals surface area contributed by atoms with Crippen molar-refractivity contribution in [2.24, 2.45) is 0 Å². The maximum absolute atomic E-state index is 6.04. The second-order valence-corrected chi connectivity index (χ2v) is 7.32. The lowest BCUT2D eigenvalue weighted by atomic mass is 9.97. The zero-order valence-electron chi connectivity index (χ0n) is 15.1. The van der Waals surface area contributed by atoms with E-state index >= 15 is 0 Å². The molecule has 0 spiro atoms. The SMILES string of the molecule is CCCOc1cc2c(cc1CN1[C@H]3CC[C@@H]1c1cccnc1C3)OCO2. The molecule has 26 heavy (non-hydrogen) atoms. The predicted octanol–water partition coefficient (Wildman–Crippen LogP) is 3.86. The lowest BCUT2D eigenvalue weighted by Gasteiger charge is -2.36. The molecule has 2 atom stereocenters. The van der Waals surface area contributed by atoms with Crippen LogP contribution in [0.25, 0.3) is 0 Å².